The van der Waals surface area contributed by atoms with Crippen molar-refractivity contribution in [3.05, 3.63) is 59.7 Å². The van der Waals surface area contributed by atoms with E-state index in [1.165, 1.54) is 24.1 Å². The molecule has 1 aliphatic rings. The minimum atomic E-state index is 0.518. The van der Waals surface area contributed by atoms with E-state index in [9.17, 15) is 4.79 Å². The number of nitrogens with zero attached hydrogens (tertiary/aromatic N) is 1. The van der Waals surface area contributed by atoms with Gasteiger partial charge in [-0.1, -0.05) is 48.6 Å². The molecule has 0 aromatic heterocycles. The monoisotopic (exact) mass is 257 g/mol. The quantitative estimate of drug-likeness (QED) is 0.611. The average Bonchev–Trinajstić information content (AvgIpc) is 2.44. The minimum absolute atomic E-state index is 0.518. The first-order valence-corrected chi connectivity index (χ1v) is 6.74. The summed E-state index contributed by atoms with van der Waals surface area (Å²) in [4.78, 5) is 12.1. The summed E-state index contributed by atoms with van der Waals surface area (Å²) in [6.45, 7) is 4.26. The maximum absolute atomic E-state index is 9.69. The highest BCUT2D eigenvalue weighted by Crippen LogP contribution is 2.16. The van der Waals surface area contributed by atoms with Crippen LogP contribution in [-0.2, 0) is 17.8 Å². The number of benzene rings is 1. The number of carbonyl (C=O) groups excluding carboxylic acids is 1. The molecule has 0 saturated heterocycles. The second-order valence-electron chi connectivity index (χ2n) is 4.61. The Bertz CT molecular complexity index is 435. The minimum Gasteiger partial charge on any atom is -0.303 e. The Hall–Kier alpha value is -1.67. The molecule has 0 radical (unpaired) electrons. The van der Waals surface area contributed by atoms with Crippen molar-refractivity contribution in [3.8, 4) is 0 Å². The number of fused-ring (bicyclic) bond motifs is 1. The van der Waals surface area contributed by atoms with Gasteiger partial charge < -0.3 is 9.69 Å². The van der Waals surface area contributed by atoms with E-state index in [0.29, 0.717) is 6.42 Å². The van der Waals surface area contributed by atoms with E-state index in [4.69, 9.17) is 0 Å². The standard InChI is InChI=1S/C10H13N.C7H10O/c1-11-7-6-9-4-2-3-5-10(9)8-11;1-2-3-4-5-6-7-8/h2-5H,6-8H2,1H3;2-5,7H,6H2,1H3/b;3-2+,5-4+. The number of likely N-dealkylation sites (N-methyl/N-ethyl adjacent to an activating group) is 1. The van der Waals surface area contributed by atoms with Crippen molar-refractivity contribution in [1.82, 2.24) is 4.90 Å². The van der Waals surface area contributed by atoms with Gasteiger partial charge in [-0.2, -0.15) is 0 Å². The van der Waals surface area contributed by atoms with Gasteiger partial charge in [-0.15, -0.1) is 0 Å². The van der Waals surface area contributed by atoms with E-state index in [1.807, 2.05) is 31.2 Å². The fraction of sp³-hybridized carbons (Fsp3) is 0.353. The largest absolute Gasteiger partial charge is 0.303 e. The third-order valence-electron chi connectivity index (χ3n) is 2.99. The lowest BCUT2D eigenvalue weighted by Gasteiger charge is -2.24. The van der Waals surface area contributed by atoms with Gasteiger partial charge in [0.2, 0.25) is 0 Å². The molecule has 102 valence electrons. The highest BCUT2D eigenvalue weighted by atomic mass is 16.1. The van der Waals surface area contributed by atoms with Gasteiger partial charge >= 0.3 is 0 Å². The molecule has 0 N–H and O–H groups in total. The highest BCUT2D eigenvalue weighted by molar-refractivity contribution is 5.52. The normalized spacial score (nSPS) is 15.1. The Morgan fingerprint density at radius 1 is 1.21 bits per heavy atom. The lowest BCUT2D eigenvalue weighted by molar-refractivity contribution is -0.107. The summed E-state index contributed by atoms with van der Waals surface area (Å²) in [7, 11) is 2.18. The molecule has 0 saturated carbocycles. The summed E-state index contributed by atoms with van der Waals surface area (Å²) in [6.07, 6.45) is 10.1. The molecule has 1 aromatic rings. The lowest BCUT2D eigenvalue weighted by atomic mass is 10.0. The molecule has 1 heterocycles. The SMILES string of the molecule is C/C=C/C=C/CC=O.CN1CCc2ccccc2C1. The van der Waals surface area contributed by atoms with Gasteiger partial charge in [0.05, 0.1) is 0 Å². The zero-order valence-electron chi connectivity index (χ0n) is 11.9. The smallest absolute Gasteiger partial charge is 0.123 e. The number of allylic oxidation sites excluding steroid dienone is 4. The Morgan fingerprint density at radius 2 is 1.95 bits per heavy atom. The molecule has 0 bridgehead atoms. The van der Waals surface area contributed by atoms with Crippen LogP contribution in [-0.4, -0.2) is 24.8 Å². The summed E-state index contributed by atoms with van der Waals surface area (Å²) >= 11 is 0. The third-order valence-corrected chi connectivity index (χ3v) is 2.99. The van der Waals surface area contributed by atoms with Crippen molar-refractivity contribution in [3.63, 3.8) is 0 Å². The number of hydrogen-bond donors (Lipinski definition) is 0. The van der Waals surface area contributed by atoms with Crippen LogP contribution in [0.25, 0.3) is 0 Å². The molecule has 1 aromatic carbocycles. The summed E-state index contributed by atoms with van der Waals surface area (Å²) in [5.41, 5.74) is 3.03. The average molecular weight is 257 g/mol. The summed E-state index contributed by atoms with van der Waals surface area (Å²) in [6, 6.07) is 8.72. The first-order chi connectivity index (χ1) is 9.27. The Labute approximate surface area is 116 Å². The molecule has 0 amide bonds. The van der Waals surface area contributed by atoms with Gasteiger partial charge in [-0.25, -0.2) is 0 Å². The molecule has 0 fully saturated rings. The van der Waals surface area contributed by atoms with Crippen LogP contribution in [0.2, 0.25) is 0 Å². The van der Waals surface area contributed by atoms with E-state index in [2.05, 4.69) is 36.2 Å². The first-order valence-electron chi connectivity index (χ1n) is 6.74. The molecule has 2 rings (SSSR count). The van der Waals surface area contributed by atoms with Crippen LogP contribution in [0.15, 0.2) is 48.6 Å². The maximum atomic E-state index is 9.69. The molecule has 19 heavy (non-hydrogen) atoms. The molecular formula is C17H23NO. The third kappa shape index (κ3) is 6.16. The van der Waals surface area contributed by atoms with Gasteiger partial charge in [-0.05, 0) is 31.5 Å². The lowest BCUT2D eigenvalue weighted by Crippen LogP contribution is -2.26. The molecule has 0 spiro atoms. The van der Waals surface area contributed by atoms with Crippen LogP contribution < -0.4 is 0 Å². The number of aldehydes is 1. The fourth-order valence-electron chi connectivity index (χ4n) is 1.96. The fourth-order valence-corrected chi connectivity index (χ4v) is 1.96. The molecule has 2 heteroatoms. The molecule has 0 unspecified atom stereocenters. The van der Waals surface area contributed by atoms with Gasteiger partial charge in [-0.3, -0.25) is 0 Å². The van der Waals surface area contributed by atoms with Crippen molar-refractivity contribution in [2.24, 2.45) is 0 Å². The first kappa shape index (κ1) is 15.4. The molecule has 1 aliphatic heterocycles. The van der Waals surface area contributed by atoms with Gasteiger partial charge in [0.1, 0.15) is 6.29 Å². The second-order valence-corrected chi connectivity index (χ2v) is 4.61. The number of carbonyl (C=O) groups is 1. The van der Waals surface area contributed by atoms with Crippen molar-refractivity contribution >= 4 is 6.29 Å². The van der Waals surface area contributed by atoms with Crippen LogP contribution >= 0.6 is 0 Å². The molecule has 0 atom stereocenters. The predicted octanol–water partition coefficient (Wildman–Crippen LogP) is 3.38. The van der Waals surface area contributed by atoms with Crippen LogP contribution in [0.4, 0.5) is 0 Å². The summed E-state index contributed by atoms with van der Waals surface area (Å²) in [5, 5.41) is 0. The van der Waals surface area contributed by atoms with Gasteiger partial charge in [0.25, 0.3) is 0 Å². The van der Waals surface area contributed by atoms with Crippen LogP contribution in [0.5, 0.6) is 0 Å². The van der Waals surface area contributed by atoms with Crippen LogP contribution in [0.3, 0.4) is 0 Å². The maximum Gasteiger partial charge on any atom is 0.123 e. The topological polar surface area (TPSA) is 20.3 Å². The van der Waals surface area contributed by atoms with Gasteiger partial charge in [0, 0.05) is 19.5 Å². The van der Waals surface area contributed by atoms with E-state index < -0.39 is 0 Å². The van der Waals surface area contributed by atoms with Crippen molar-refractivity contribution in [1.29, 1.82) is 0 Å². The molecular weight excluding hydrogens is 234 g/mol. The highest BCUT2D eigenvalue weighted by Gasteiger charge is 2.10. The van der Waals surface area contributed by atoms with Crippen molar-refractivity contribution in [2.75, 3.05) is 13.6 Å². The van der Waals surface area contributed by atoms with Gasteiger partial charge in [0.15, 0.2) is 0 Å². The summed E-state index contributed by atoms with van der Waals surface area (Å²) in [5.74, 6) is 0. The Kier molecular flexibility index (Phi) is 7.52. The number of rotatable bonds is 3. The second kappa shape index (κ2) is 9.29. The van der Waals surface area contributed by atoms with Crippen LogP contribution in [0, 0.1) is 0 Å². The van der Waals surface area contributed by atoms with E-state index >= 15 is 0 Å². The molecule has 2 nitrogen and oxygen atoms in total. The Morgan fingerprint density at radius 3 is 2.63 bits per heavy atom. The van der Waals surface area contributed by atoms with Crippen molar-refractivity contribution < 1.29 is 4.79 Å². The van der Waals surface area contributed by atoms with E-state index in [1.54, 1.807) is 0 Å². The zero-order chi connectivity index (χ0) is 13.9. The van der Waals surface area contributed by atoms with E-state index in [0.717, 1.165) is 12.8 Å². The molecule has 0 aliphatic carbocycles. The van der Waals surface area contributed by atoms with E-state index in [-0.39, 0.29) is 0 Å². The Balaban J connectivity index is 0.000000203. The summed E-state index contributed by atoms with van der Waals surface area (Å²) < 4.78 is 0. The predicted molar refractivity (Wildman–Crippen MR) is 81.1 cm³/mol. The zero-order valence-corrected chi connectivity index (χ0v) is 11.9. The van der Waals surface area contributed by atoms with Crippen LogP contribution in [0.1, 0.15) is 24.5 Å². The van der Waals surface area contributed by atoms with Crippen molar-refractivity contribution in [2.45, 2.75) is 26.3 Å². The number of hydrogen-bond acceptors (Lipinski definition) is 2.